The first kappa shape index (κ1) is 45.9. The van der Waals surface area contributed by atoms with Gasteiger partial charge in [0.05, 0.1) is 119 Å². The van der Waals surface area contributed by atoms with E-state index in [4.69, 9.17) is 48.4 Å². The van der Waals surface area contributed by atoms with Crippen molar-refractivity contribution < 1.29 is 74.1 Å². The summed E-state index contributed by atoms with van der Waals surface area (Å²) in [4.78, 5) is 13.9. The molecule has 0 amide bonds. The molecule has 0 radical (unpaired) electrons. The Morgan fingerprint density at radius 3 is 1.18 bits per heavy atom. The second-order valence-corrected chi connectivity index (χ2v) is 10.3. The molecular formula is C32H53F5N2O11. The fourth-order valence-corrected chi connectivity index (χ4v) is 3.76. The molecule has 13 nitrogen and oxygen atoms in total. The minimum Gasteiger partial charge on any atom is -0.420 e. The van der Waals surface area contributed by atoms with Crippen LogP contribution < -0.4 is 10.5 Å². The van der Waals surface area contributed by atoms with E-state index in [9.17, 15) is 26.7 Å². The average Bonchev–Trinajstić information content (AvgIpc) is 3.11. The van der Waals surface area contributed by atoms with E-state index in [-0.39, 0.29) is 26.4 Å². The van der Waals surface area contributed by atoms with E-state index in [1.165, 1.54) is 0 Å². The van der Waals surface area contributed by atoms with Gasteiger partial charge in [0.2, 0.25) is 34.8 Å². The summed E-state index contributed by atoms with van der Waals surface area (Å²) in [6, 6.07) is 0. The highest BCUT2D eigenvalue weighted by atomic mass is 19.2. The van der Waals surface area contributed by atoms with E-state index in [1.54, 1.807) is 0 Å². The number of carbonyl (C=O) groups excluding carboxylic acids is 1. The number of halogens is 5. The van der Waals surface area contributed by atoms with E-state index < -0.39 is 47.2 Å². The van der Waals surface area contributed by atoms with Crippen molar-refractivity contribution in [2.45, 2.75) is 19.8 Å². The quantitative estimate of drug-likeness (QED) is 0.0273. The van der Waals surface area contributed by atoms with Gasteiger partial charge in [-0.2, -0.15) is 8.78 Å². The van der Waals surface area contributed by atoms with Gasteiger partial charge in [-0.25, -0.2) is 13.2 Å². The van der Waals surface area contributed by atoms with E-state index in [0.29, 0.717) is 112 Å². The molecule has 0 saturated heterocycles. The zero-order valence-electron chi connectivity index (χ0n) is 28.9. The van der Waals surface area contributed by atoms with Gasteiger partial charge in [-0.15, -0.1) is 0 Å². The Labute approximate surface area is 290 Å². The van der Waals surface area contributed by atoms with Crippen molar-refractivity contribution in [1.29, 1.82) is 0 Å². The van der Waals surface area contributed by atoms with Crippen molar-refractivity contribution in [3.8, 4) is 5.75 Å². The van der Waals surface area contributed by atoms with Gasteiger partial charge in [-0.3, -0.25) is 9.69 Å². The maximum Gasteiger partial charge on any atom is 0.313 e. The maximum absolute atomic E-state index is 13.6. The van der Waals surface area contributed by atoms with Crippen LogP contribution in [0.1, 0.15) is 19.8 Å². The van der Waals surface area contributed by atoms with Crippen LogP contribution in [0.2, 0.25) is 0 Å². The number of carbonyl (C=O) groups is 1. The molecule has 0 saturated carbocycles. The predicted molar refractivity (Wildman–Crippen MR) is 170 cm³/mol. The summed E-state index contributed by atoms with van der Waals surface area (Å²) >= 11 is 0. The Hall–Kier alpha value is -2.10. The van der Waals surface area contributed by atoms with Crippen molar-refractivity contribution in [3.63, 3.8) is 0 Å². The minimum absolute atomic E-state index is 0.0777. The lowest BCUT2D eigenvalue weighted by molar-refractivity contribution is -0.136. The Morgan fingerprint density at radius 1 is 0.480 bits per heavy atom. The number of nitrogens with zero attached hydrogens (tertiary/aromatic N) is 1. The van der Waals surface area contributed by atoms with Gasteiger partial charge in [0.15, 0.2) is 0 Å². The SMILES string of the molecule is CCCOCCOCCOCCN(CCOCCOCCOCCN)CCOCCOCCOCCC(=O)Oc1c(F)c(F)c(F)c(F)c1F. The topological polar surface area (TPSA) is 139 Å². The first-order valence-corrected chi connectivity index (χ1v) is 16.7. The molecule has 1 aromatic rings. The van der Waals surface area contributed by atoms with E-state index in [1.807, 2.05) is 0 Å². The molecule has 292 valence electrons. The van der Waals surface area contributed by atoms with E-state index in [0.717, 1.165) is 13.0 Å². The zero-order valence-corrected chi connectivity index (χ0v) is 28.9. The highest BCUT2D eigenvalue weighted by Crippen LogP contribution is 2.29. The first-order valence-electron chi connectivity index (χ1n) is 16.7. The van der Waals surface area contributed by atoms with Crippen LogP contribution in [0.5, 0.6) is 5.75 Å². The molecule has 0 bridgehead atoms. The van der Waals surface area contributed by atoms with Gasteiger partial charge < -0.3 is 53.1 Å². The summed E-state index contributed by atoms with van der Waals surface area (Å²) in [5, 5.41) is 0. The van der Waals surface area contributed by atoms with Crippen LogP contribution in [0.25, 0.3) is 0 Å². The number of nitrogens with two attached hydrogens (primary N) is 1. The van der Waals surface area contributed by atoms with Gasteiger partial charge in [-0.1, -0.05) is 6.92 Å². The van der Waals surface area contributed by atoms with Crippen LogP contribution in [0.15, 0.2) is 0 Å². The standard InChI is InChI=1S/C32H53F5N2O11/c1-2-8-41-14-20-47-23-17-44-11-5-39(7-13-46-19-25-49-22-16-43-10-4-38)6-12-45-18-24-48-21-15-42-9-3-26(40)50-32-30(36)28(34)27(33)29(35)31(32)37/h2-25,38H2,1H3. The Morgan fingerprint density at radius 2 is 0.800 bits per heavy atom. The Balaban J connectivity index is 2.18. The van der Waals surface area contributed by atoms with Crippen molar-refractivity contribution >= 4 is 5.97 Å². The number of hydrogen-bond donors (Lipinski definition) is 1. The van der Waals surface area contributed by atoms with Crippen LogP contribution in [0.4, 0.5) is 22.0 Å². The normalized spacial score (nSPS) is 11.6. The third-order valence-corrected chi connectivity index (χ3v) is 6.33. The summed E-state index contributed by atoms with van der Waals surface area (Å²) in [5.41, 5.74) is 5.37. The summed E-state index contributed by atoms with van der Waals surface area (Å²) < 4.78 is 120. The van der Waals surface area contributed by atoms with E-state index in [2.05, 4.69) is 16.6 Å². The third kappa shape index (κ3) is 22.7. The zero-order chi connectivity index (χ0) is 36.7. The largest absolute Gasteiger partial charge is 0.420 e. The molecule has 18 heteroatoms. The monoisotopic (exact) mass is 736 g/mol. The number of esters is 1. The highest BCUT2D eigenvalue weighted by molar-refractivity contribution is 5.72. The molecule has 50 heavy (non-hydrogen) atoms. The molecule has 0 fully saturated rings. The first-order chi connectivity index (χ1) is 24.3. The van der Waals surface area contributed by atoms with Gasteiger partial charge in [0.1, 0.15) is 0 Å². The van der Waals surface area contributed by atoms with Crippen LogP contribution in [-0.4, -0.2) is 156 Å². The summed E-state index contributed by atoms with van der Waals surface area (Å²) in [7, 11) is 0. The van der Waals surface area contributed by atoms with Gasteiger partial charge >= 0.3 is 5.97 Å². The molecule has 0 aliphatic carbocycles. The molecule has 0 atom stereocenters. The molecule has 0 aliphatic heterocycles. The molecule has 1 rings (SSSR count). The Kier molecular flexibility index (Phi) is 29.0. The number of rotatable bonds is 35. The van der Waals surface area contributed by atoms with Crippen LogP contribution >= 0.6 is 0 Å². The molecular weight excluding hydrogens is 683 g/mol. The van der Waals surface area contributed by atoms with E-state index >= 15 is 0 Å². The number of ether oxygens (including phenoxy) is 10. The molecule has 0 aliphatic rings. The lowest BCUT2D eigenvalue weighted by Crippen LogP contribution is -2.34. The predicted octanol–water partition coefficient (Wildman–Crippen LogP) is 2.50. The minimum atomic E-state index is -2.35. The Bertz CT molecular complexity index is 951. The lowest BCUT2D eigenvalue weighted by atomic mass is 10.2. The van der Waals surface area contributed by atoms with Crippen molar-refractivity contribution in [2.24, 2.45) is 5.73 Å². The molecule has 0 unspecified atom stereocenters. The average molecular weight is 737 g/mol. The van der Waals surface area contributed by atoms with Gasteiger partial charge in [0, 0.05) is 32.8 Å². The second-order valence-electron chi connectivity index (χ2n) is 10.3. The summed E-state index contributed by atoms with van der Waals surface area (Å²) in [6.07, 6.45) is 0.483. The van der Waals surface area contributed by atoms with Crippen LogP contribution in [0.3, 0.4) is 0 Å². The van der Waals surface area contributed by atoms with Crippen molar-refractivity contribution in [3.05, 3.63) is 29.1 Å². The second kappa shape index (κ2) is 31.6. The lowest BCUT2D eigenvalue weighted by Gasteiger charge is -2.22. The fraction of sp³-hybridized carbons (Fsp3) is 0.781. The molecule has 0 heterocycles. The smallest absolute Gasteiger partial charge is 0.313 e. The molecule has 0 spiro atoms. The van der Waals surface area contributed by atoms with Gasteiger partial charge in [-0.05, 0) is 6.42 Å². The number of benzene rings is 1. The van der Waals surface area contributed by atoms with Crippen molar-refractivity contribution in [2.75, 3.05) is 145 Å². The third-order valence-electron chi connectivity index (χ3n) is 6.33. The number of hydrogen-bond acceptors (Lipinski definition) is 13. The fourth-order valence-electron chi connectivity index (χ4n) is 3.76. The van der Waals surface area contributed by atoms with Crippen molar-refractivity contribution in [1.82, 2.24) is 4.90 Å². The van der Waals surface area contributed by atoms with Gasteiger partial charge in [0.25, 0.3) is 0 Å². The summed E-state index contributed by atoms with van der Waals surface area (Å²) in [5.74, 6) is -14.1. The highest BCUT2D eigenvalue weighted by Gasteiger charge is 2.28. The molecule has 2 N–H and O–H groups in total. The maximum atomic E-state index is 13.6. The molecule has 1 aromatic carbocycles. The van der Waals surface area contributed by atoms with Crippen LogP contribution in [-0.2, 0) is 47.4 Å². The molecule has 0 aromatic heterocycles. The summed E-state index contributed by atoms with van der Waals surface area (Å²) in [6.45, 7) is 11.8. The van der Waals surface area contributed by atoms with Crippen LogP contribution in [0, 0.1) is 29.1 Å².